The van der Waals surface area contributed by atoms with E-state index in [-0.39, 0.29) is 12.4 Å². The molecule has 2 rings (SSSR count). The van der Waals surface area contributed by atoms with Gasteiger partial charge < -0.3 is 15.2 Å². The van der Waals surface area contributed by atoms with Gasteiger partial charge >= 0.3 is 6.18 Å². The molecule has 2 N–H and O–H groups in total. The molecule has 1 aromatic heterocycles. The molecule has 0 aliphatic carbocycles. The van der Waals surface area contributed by atoms with Crippen LogP contribution in [0.5, 0.6) is 5.75 Å². The van der Waals surface area contributed by atoms with Crippen LogP contribution in [0.25, 0.3) is 0 Å². The van der Waals surface area contributed by atoms with Crippen molar-refractivity contribution >= 4 is 5.69 Å². The molecule has 0 unspecified atom stereocenters. The molecule has 1 heterocycles. The Labute approximate surface area is 138 Å². The Balaban J connectivity index is 1.95. The Kier molecular flexibility index (Phi) is 5.71. The molecular formula is C16H20F3N3O2. The number of anilines is 1. The number of alkyl halides is 3. The van der Waals surface area contributed by atoms with Gasteiger partial charge in [-0.1, -0.05) is 0 Å². The first-order valence-corrected chi connectivity index (χ1v) is 7.47. The second kappa shape index (κ2) is 7.57. The first-order valence-electron chi connectivity index (χ1n) is 7.47. The summed E-state index contributed by atoms with van der Waals surface area (Å²) in [6.07, 6.45) is -4.35. The number of hydrogen-bond donors (Lipinski definition) is 2. The minimum Gasteiger partial charge on any atom is -0.484 e. The summed E-state index contributed by atoms with van der Waals surface area (Å²) < 4.78 is 42.7. The third-order valence-corrected chi connectivity index (χ3v) is 3.57. The second-order valence-corrected chi connectivity index (χ2v) is 5.38. The fraction of sp³-hybridized carbons (Fsp3) is 0.438. The van der Waals surface area contributed by atoms with E-state index < -0.39 is 12.8 Å². The second-order valence-electron chi connectivity index (χ2n) is 5.38. The van der Waals surface area contributed by atoms with Crippen LogP contribution in [-0.2, 0) is 13.1 Å². The van der Waals surface area contributed by atoms with E-state index in [2.05, 4.69) is 15.2 Å². The van der Waals surface area contributed by atoms with Crippen molar-refractivity contribution in [3.8, 4) is 5.75 Å². The number of rotatable bonds is 7. The first kappa shape index (κ1) is 18.1. The predicted molar refractivity (Wildman–Crippen MR) is 84.1 cm³/mol. The van der Waals surface area contributed by atoms with E-state index in [4.69, 9.17) is 5.11 Å². The van der Waals surface area contributed by atoms with Crippen LogP contribution in [-0.4, -0.2) is 34.3 Å². The summed E-state index contributed by atoms with van der Waals surface area (Å²) in [5.41, 5.74) is 3.64. The van der Waals surface area contributed by atoms with Crippen molar-refractivity contribution in [2.75, 3.05) is 18.5 Å². The number of benzene rings is 1. The highest BCUT2D eigenvalue weighted by atomic mass is 19.4. The van der Waals surface area contributed by atoms with Crippen LogP contribution in [0.4, 0.5) is 18.9 Å². The van der Waals surface area contributed by atoms with E-state index in [1.54, 1.807) is 16.8 Å². The summed E-state index contributed by atoms with van der Waals surface area (Å²) in [7, 11) is 0. The highest BCUT2D eigenvalue weighted by Crippen LogP contribution is 2.21. The fourth-order valence-electron chi connectivity index (χ4n) is 2.33. The average molecular weight is 343 g/mol. The monoisotopic (exact) mass is 343 g/mol. The van der Waals surface area contributed by atoms with Gasteiger partial charge in [-0.15, -0.1) is 0 Å². The lowest BCUT2D eigenvalue weighted by atomic mass is 10.2. The zero-order chi connectivity index (χ0) is 17.7. The van der Waals surface area contributed by atoms with E-state index >= 15 is 0 Å². The van der Waals surface area contributed by atoms with Gasteiger partial charge in [0.15, 0.2) is 6.61 Å². The number of halogens is 3. The number of hydrogen-bond acceptors (Lipinski definition) is 4. The molecule has 8 heteroatoms. The largest absolute Gasteiger partial charge is 0.484 e. The molecule has 24 heavy (non-hydrogen) atoms. The van der Waals surface area contributed by atoms with Gasteiger partial charge in [0.2, 0.25) is 0 Å². The highest BCUT2D eigenvalue weighted by Gasteiger charge is 2.28. The summed E-state index contributed by atoms with van der Waals surface area (Å²) >= 11 is 0. The molecule has 0 bridgehead atoms. The lowest BCUT2D eigenvalue weighted by molar-refractivity contribution is -0.153. The van der Waals surface area contributed by atoms with Crippen LogP contribution in [0.1, 0.15) is 17.0 Å². The number of nitrogens with one attached hydrogen (secondary N) is 1. The van der Waals surface area contributed by atoms with Gasteiger partial charge in [0.1, 0.15) is 5.75 Å². The Morgan fingerprint density at radius 1 is 1.21 bits per heavy atom. The Bertz CT molecular complexity index is 666. The summed E-state index contributed by atoms with van der Waals surface area (Å²) in [6, 6.07) is 6.30. The highest BCUT2D eigenvalue weighted by molar-refractivity contribution is 5.47. The molecule has 1 aromatic carbocycles. The molecule has 0 radical (unpaired) electrons. The van der Waals surface area contributed by atoms with Crippen molar-refractivity contribution in [3.05, 3.63) is 41.2 Å². The van der Waals surface area contributed by atoms with E-state index in [1.165, 1.54) is 12.1 Å². The zero-order valence-corrected chi connectivity index (χ0v) is 13.5. The molecule has 2 aromatic rings. The molecule has 0 atom stereocenters. The Hall–Kier alpha value is -2.22. The minimum absolute atomic E-state index is 0.0220. The van der Waals surface area contributed by atoms with Gasteiger partial charge in [-0.25, -0.2) is 0 Å². The topological polar surface area (TPSA) is 59.3 Å². The number of ether oxygens (including phenoxy) is 1. The van der Waals surface area contributed by atoms with Crippen molar-refractivity contribution in [1.29, 1.82) is 0 Å². The maximum Gasteiger partial charge on any atom is 0.422 e. The standard InChI is InChI=1S/C16H20F3N3O2/c1-11-15(12(2)22(21-11)7-8-23)9-20-13-3-5-14(6-4-13)24-10-16(17,18)19/h3-6,20,23H,7-10H2,1-2H3. The fourth-order valence-corrected chi connectivity index (χ4v) is 2.33. The zero-order valence-electron chi connectivity index (χ0n) is 13.5. The molecule has 132 valence electrons. The number of aliphatic hydroxyl groups is 1. The van der Waals surface area contributed by atoms with Crippen molar-refractivity contribution in [3.63, 3.8) is 0 Å². The molecule has 0 spiro atoms. The number of aryl methyl sites for hydroxylation is 1. The van der Waals surface area contributed by atoms with E-state index in [9.17, 15) is 13.2 Å². The van der Waals surface area contributed by atoms with Gasteiger partial charge in [0.05, 0.1) is 18.8 Å². The van der Waals surface area contributed by atoms with Crippen molar-refractivity contribution in [2.24, 2.45) is 0 Å². The van der Waals surface area contributed by atoms with E-state index in [0.717, 1.165) is 22.6 Å². The minimum atomic E-state index is -4.35. The maximum absolute atomic E-state index is 12.1. The average Bonchev–Trinajstić information content (AvgIpc) is 2.78. The molecule has 5 nitrogen and oxygen atoms in total. The lowest BCUT2D eigenvalue weighted by Gasteiger charge is -2.11. The summed E-state index contributed by atoms with van der Waals surface area (Å²) in [5.74, 6) is 0.168. The molecule has 0 saturated carbocycles. The molecule has 0 saturated heterocycles. The molecule has 0 amide bonds. The first-order chi connectivity index (χ1) is 11.3. The molecular weight excluding hydrogens is 323 g/mol. The third-order valence-electron chi connectivity index (χ3n) is 3.57. The molecule has 0 fully saturated rings. The van der Waals surface area contributed by atoms with E-state index in [1.807, 2.05) is 13.8 Å². The van der Waals surface area contributed by atoms with Gasteiger partial charge in [-0.3, -0.25) is 4.68 Å². The smallest absolute Gasteiger partial charge is 0.422 e. The molecule has 0 aliphatic rings. The summed E-state index contributed by atoms with van der Waals surface area (Å²) in [6.45, 7) is 3.52. The van der Waals surface area contributed by atoms with Crippen LogP contribution in [0.2, 0.25) is 0 Å². The van der Waals surface area contributed by atoms with Crippen LogP contribution in [0, 0.1) is 13.8 Å². The van der Waals surface area contributed by atoms with Gasteiger partial charge in [0.25, 0.3) is 0 Å². The van der Waals surface area contributed by atoms with Crippen LogP contribution >= 0.6 is 0 Å². The van der Waals surface area contributed by atoms with Crippen molar-refractivity contribution in [2.45, 2.75) is 33.1 Å². The summed E-state index contributed by atoms with van der Waals surface area (Å²) in [4.78, 5) is 0. The predicted octanol–water partition coefficient (Wildman–Crippen LogP) is 3.05. The van der Waals surface area contributed by atoms with Crippen LogP contribution < -0.4 is 10.1 Å². The number of aliphatic hydroxyl groups excluding tert-OH is 1. The SMILES string of the molecule is Cc1nn(CCO)c(C)c1CNc1ccc(OCC(F)(F)F)cc1. The Morgan fingerprint density at radius 3 is 2.46 bits per heavy atom. The van der Waals surface area contributed by atoms with Gasteiger partial charge in [-0.05, 0) is 38.1 Å². The lowest BCUT2D eigenvalue weighted by Crippen LogP contribution is -2.19. The normalized spacial score (nSPS) is 11.6. The van der Waals surface area contributed by atoms with Crippen LogP contribution in [0.3, 0.4) is 0 Å². The maximum atomic E-state index is 12.1. The number of nitrogens with zero attached hydrogens (tertiary/aromatic N) is 2. The summed E-state index contributed by atoms with van der Waals surface area (Å²) in [5, 5.41) is 16.6. The van der Waals surface area contributed by atoms with E-state index in [0.29, 0.717) is 13.1 Å². The Morgan fingerprint density at radius 2 is 1.88 bits per heavy atom. The third kappa shape index (κ3) is 4.89. The van der Waals surface area contributed by atoms with Gasteiger partial charge in [-0.2, -0.15) is 18.3 Å². The van der Waals surface area contributed by atoms with Crippen LogP contribution in [0.15, 0.2) is 24.3 Å². The number of aromatic nitrogens is 2. The quantitative estimate of drug-likeness (QED) is 0.811. The van der Waals surface area contributed by atoms with Crippen molar-refractivity contribution < 1.29 is 23.0 Å². The van der Waals surface area contributed by atoms with Crippen molar-refractivity contribution in [1.82, 2.24) is 9.78 Å². The molecule has 0 aliphatic heterocycles. The van der Waals surface area contributed by atoms with Gasteiger partial charge in [0, 0.05) is 23.5 Å².